The molecule has 0 unspecified atom stereocenters. The molecule has 0 radical (unpaired) electrons. The van der Waals surface area contributed by atoms with E-state index in [1.54, 1.807) is 34.6 Å². The van der Waals surface area contributed by atoms with Crippen molar-refractivity contribution in [2.24, 2.45) is 5.73 Å². The van der Waals surface area contributed by atoms with Gasteiger partial charge in [-0.3, -0.25) is 9.59 Å². The number of alkyl carbamates (subject to hydrolysis) is 1. The summed E-state index contributed by atoms with van der Waals surface area (Å²) < 4.78 is 30.6. The highest BCUT2D eigenvalue weighted by atomic mass is 19.1. The first-order chi connectivity index (χ1) is 13.3. The molecule has 4 atom stereocenters. The molecule has 0 aromatic heterocycles. The Morgan fingerprint density at radius 2 is 1.45 bits per heavy atom. The Morgan fingerprint density at radius 3 is 1.79 bits per heavy atom. The number of likely N-dealkylation sites (tertiary alicyclic amines) is 2. The molecule has 3 N–H and O–H groups in total. The van der Waals surface area contributed by atoms with Gasteiger partial charge in [-0.05, 0) is 47.5 Å². The van der Waals surface area contributed by atoms with Gasteiger partial charge < -0.3 is 25.6 Å². The number of hydrogen-bond donors (Lipinski definition) is 2. The van der Waals surface area contributed by atoms with Crippen LogP contribution < -0.4 is 11.1 Å². The van der Waals surface area contributed by atoms with Crippen molar-refractivity contribution in [2.45, 2.75) is 77.5 Å². The molecule has 2 rings (SSSR count). The lowest BCUT2D eigenvalue weighted by Crippen LogP contribution is -2.47. The molecular weight excluding hydrogens is 386 g/mol. The summed E-state index contributed by atoms with van der Waals surface area (Å²) in [6.45, 7) is 9.67. The van der Waals surface area contributed by atoms with Crippen LogP contribution in [0.1, 0.15) is 47.5 Å². The van der Waals surface area contributed by atoms with Gasteiger partial charge in [0.05, 0.1) is 19.1 Å². The van der Waals surface area contributed by atoms with Crippen LogP contribution in [0.4, 0.5) is 13.6 Å². The number of halogens is 2. The first-order valence-corrected chi connectivity index (χ1v) is 9.91. The van der Waals surface area contributed by atoms with E-state index in [1.807, 2.05) is 0 Å². The zero-order valence-electron chi connectivity index (χ0n) is 17.9. The first kappa shape index (κ1) is 25.1. The molecule has 0 aliphatic carbocycles. The minimum absolute atomic E-state index is 0.110. The molecule has 0 aromatic carbocycles. The van der Waals surface area contributed by atoms with Gasteiger partial charge in [0.15, 0.2) is 0 Å². The molecule has 2 saturated heterocycles. The number of rotatable bonds is 3. The van der Waals surface area contributed by atoms with Gasteiger partial charge in [-0.2, -0.15) is 0 Å². The lowest BCUT2D eigenvalue weighted by molar-refractivity contribution is -0.132. The molecule has 168 valence electrons. The Labute approximate surface area is 171 Å². The van der Waals surface area contributed by atoms with Crippen molar-refractivity contribution < 1.29 is 27.9 Å². The Hall–Kier alpha value is -1.97. The zero-order valence-corrected chi connectivity index (χ0v) is 17.9. The fourth-order valence-corrected chi connectivity index (χ4v) is 2.94. The fraction of sp³-hybridized carbons (Fsp3) is 0.842. The summed E-state index contributed by atoms with van der Waals surface area (Å²) >= 11 is 0. The quantitative estimate of drug-likeness (QED) is 0.718. The number of alkyl halides is 2. The van der Waals surface area contributed by atoms with E-state index in [4.69, 9.17) is 10.5 Å². The topological polar surface area (TPSA) is 105 Å². The Balaban J connectivity index is 0.000000326. The van der Waals surface area contributed by atoms with Crippen LogP contribution in [0.2, 0.25) is 0 Å². The zero-order chi connectivity index (χ0) is 22.4. The Kier molecular flexibility index (Phi) is 9.25. The minimum atomic E-state index is -0.956. The second-order valence-corrected chi connectivity index (χ2v) is 8.50. The van der Waals surface area contributed by atoms with E-state index in [-0.39, 0.29) is 24.9 Å². The van der Waals surface area contributed by atoms with E-state index in [9.17, 15) is 23.2 Å². The predicted molar refractivity (Wildman–Crippen MR) is 105 cm³/mol. The molecule has 0 saturated carbocycles. The van der Waals surface area contributed by atoms with E-state index >= 15 is 0 Å². The molecule has 2 heterocycles. The van der Waals surface area contributed by atoms with Gasteiger partial charge in [-0.25, -0.2) is 13.6 Å². The molecule has 0 bridgehead atoms. The smallest absolute Gasteiger partial charge is 0.408 e. The van der Waals surface area contributed by atoms with Crippen molar-refractivity contribution in [1.29, 1.82) is 0 Å². The molecule has 29 heavy (non-hydrogen) atoms. The van der Waals surface area contributed by atoms with E-state index in [0.29, 0.717) is 25.9 Å². The van der Waals surface area contributed by atoms with Crippen LogP contribution in [0.5, 0.6) is 0 Å². The van der Waals surface area contributed by atoms with Gasteiger partial charge in [0.2, 0.25) is 11.8 Å². The van der Waals surface area contributed by atoms with Crippen LogP contribution >= 0.6 is 0 Å². The average Bonchev–Trinajstić information content (AvgIpc) is 3.20. The lowest BCUT2D eigenvalue weighted by Gasteiger charge is -2.24. The van der Waals surface area contributed by atoms with Crippen molar-refractivity contribution in [3.63, 3.8) is 0 Å². The minimum Gasteiger partial charge on any atom is -0.444 e. The maximum atomic E-state index is 13.0. The molecule has 0 spiro atoms. The Morgan fingerprint density at radius 1 is 1.00 bits per heavy atom. The molecule has 10 heteroatoms. The summed E-state index contributed by atoms with van der Waals surface area (Å²) in [4.78, 5) is 37.4. The molecule has 3 amide bonds. The van der Waals surface area contributed by atoms with E-state index in [2.05, 4.69) is 5.32 Å². The fourth-order valence-electron chi connectivity index (χ4n) is 2.94. The maximum absolute atomic E-state index is 13.0. The van der Waals surface area contributed by atoms with Crippen molar-refractivity contribution in [3.8, 4) is 0 Å². The summed E-state index contributed by atoms with van der Waals surface area (Å²) in [7, 11) is 0. The summed E-state index contributed by atoms with van der Waals surface area (Å²) in [6, 6.07) is -1.20. The number of nitrogens with one attached hydrogen (secondary N) is 1. The SMILES string of the molecule is C[C@@H](N)C(=O)N1CC[C@@H](F)C1.C[C@@H](NC(=O)OC(C)(C)C)C(=O)N1CC[C@@H](F)C1. The van der Waals surface area contributed by atoms with Gasteiger partial charge in [-0.1, -0.05) is 0 Å². The molecule has 2 aliphatic heterocycles. The van der Waals surface area contributed by atoms with Crippen LogP contribution in [-0.4, -0.2) is 83.9 Å². The number of carbonyl (C=O) groups is 3. The summed E-state index contributed by atoms with van der Waals surface area (Å²) in [5.41, 5.74) is 4.74. The van der Waals surface area contributed by atoms with Gasteiger partial charge in [0.25, 0.3) is 0 Å². The number of ether oxygens (including phenoxy) is 1. The van der Waals surface area contributed by atoms with E-state index in [0.717, 1.165) is 0 Å². The van der Waals surface area contributed by atoms with Gasteiger partial charge >= 0.3 is 6.09 Å². The standard InChI is InChI=1S/C12H21FN2O3.C7H13FN2O/c1-8(14-11(17)18-12(2,3)4)10(16)15-6-5-9(13)7-15;1-5(9)7(11)10-3-2-6(8)4-10/h8-9H,5-7H2,1-4H3,(H,14,17);5-6H,2-4,9H2,1H3/t8-,9-;5-,6-/m11/s1. The third kappa shape index (κ3) is 8.93. The van der Waals surface area contributed by atoms with Crippen molar-refractivity contribution in [1.82, 2.24) is 15.1 Å². The number of nitrogens with zero attached hydrogens (tertiary/aromatic N) is 2. The van der Waals surface area contributed by atoms with Crippen LogP contribution in [0.25, 0.3) is 0 Å². The van der Waals surface area contributed by atoms with Crippen molar-refractivity contribution in [2.75, 3.05) is 26.2 Å². The predicted octanol–water partition coefficient (Wildman–Crippen LogP) is 1.37. The second-order valence-electron chi connectivity index (χ2n) is 8.50. The first-order valence-electron chi connectivity index (χ1n) is 9.91. The number of nitrogens with two attached hydrogens (primary N) is 1. The highest BCUT2D eigenvalue weighted by Gasteiger charge is 2.30. The highest BCUT2D eigenvalue weighted by molar-refractivity contribution is 5.85. The van der Waals surface area contributed by atoms with Crippen LogP contribution in [0.15, 0.2) is 0 Å². The van der Waals surface area contributed by atoms with Crippen molar-refractivity contribution >= 4 is 17.9 Å². The van der Waals surface area contributed by atoms with Crippen LogP contribution in [0.3, 0.4) is 0 Å². The lowest BCUT2D eigenvalue weighted by atomic mass is 10.2. The summed E-state index contributed by atoms with van der Waals surface area (Å²) in [5.74, 6) is -0.425. The molecule has 2 aliphatic rings. The number of carbonyl (C=O) groups excluding carboxylic acids is 3. The molecular formula is C19H34F2N4O4. The van der Waals surface area contributed by atoms with Crippen molar-refractivity contribution in [3.05, 3.63) is 0 Å². The molecule has 2 fully saturated rings. The number of hydrogen-bond acceptors (Lipinski definition) is 5. The van der Waals surface area contributed by atoms with Crippen LogP contribution in [-0.2, 0) is 14.3 Å². The number of amides is 3. The van der Waals surface area contributed by atoms with Crippen LogP contribution in [0, 0.1) is 0 Å². The normalized spacial score (nSPS) is 23.7. The Bertz CT molecular complexity index is 583. The van der Waals surface area contributed by atoms with E-state index in [1.165, 1.54) is 9.80 Å². The second kappa shape index (κ2) is 10.7. The third-order valence-electron chi connectivity index (χ3n) is 4.38. The van der Waals surface area contributed by atoms with E-state index < -0.39 is 36.1 Å². The van der Waals surface area contributed by atoms with Gasteiger partial charge in [0, 0.05) is 13.1 Å². The molecule has 8 nitrogen and oxygen atoms in total. The third-order valence-corrected chi connectivity index (χ3v) is 4.38. The van der Waals surface area contributed by atoms with Gasteiger partial charge in [-0.15, -0.1) is 0 Å². The van der Waals surface area contributed by atoms with Gasteiger partial charge in [0.1, 0.15) is 24.0 Å². The maximum Gasteiger partial charge on any atom is 0.408 e. The summed E-state index contributed by atoms with van der Waals surface area (Å²) in [6.07, 6.45) is -1.62. The largest absolute Gasteiger partial charge is 0.444 e. The summed E-state index contributed by atoms with van der Waals surface area (Å²) in [5, 5.41) is 2.45. The highest BCUT2D eigenvalue weighted by Crippen LogP contribution is 2.14. The average molecular weight is 421 g/mol. The molecule has 0 aromatic rings. The monoisotopic (exact) mass is 420 g/mol.